The molecular formula is C34H26N6O3. The Balaban J connectivity index is 1.24. The number of hydrogen-bond donors (Lipinski definition) is 1. The molecule has 1 fully saturated rings. The van der Waals surface area contributed by atoms with Crippen LogP contribution in [0.1, 0.15) is 51.7 Å². The number of para-hydroxylation sites is 2. The zero-order chi connectivity index (χ0) is 29.4. The van der Waals surface area contributed by atoms with E-state index < -0.39 is 0 Å². The van der Waals surface area contributed by atoms with Crippen LogP contribution in [0, 0.1) is 11.3 Å². The Labute approximate surface area is 245 Å². The molecule has 2 aliphatic rings. The average molecular weight is 567 g/mol. The quantitative estimate of drug-likeness (QED) is 0.283. The number of nitriles is 1. The number of carbonyl (C=O) groups is 2. The van der Waals surface area contributed by atoms with Gasteiger partial charge in [0.2, 0.25) is 0 Å². The van der Waals surface area contributed by atoms with Gasteiger partial charge < -0.3 is 9.13 Å². The van der Waals surface area contributed by atoms with Gasteiger partial charge in [0.1, 0.15) is 11.8 Å². The number of imide groups is 1. The molecule has 1 saturated carbocycles. The molecule has 0 radical (unpaired) electrons. The predicted molar refractivity (Wildman–Crippen MR) is 162 cm³/mol. The number of amides is 2. The minimum atomic E-state index is -0.383. The standard InChI is InChI=1S/C34H26N6O3/c1-37-19-30(25-11-5-6-12-28(25)37)40-31(27(17-35)36-34(40)43)26-18-38(29-13-7-4-8-22(26)29)20-14-15-21(16-20)39-32(41)23-9-2-3-10-24(23)33(39)42/h2-13,18-21H,14-16H2,1H3,(H,36,43). The first-order valence-electron chi connectivity index (χ1n) is 14.3. The van der Waals surface area contributed by atoms with Crippen molar-refractivity contribution in [3.05, 3.63) is 112 Å². The highest BCUT2D eigenvalue weighted by Crippen LogP contribution is 2.42. The van der Waals surface area contributed by atoms with Crippen LogP contribution >= 0.6 is 0 Å². The summed E-state index contributed by atoms with van der Waals surface area (Å²) in [5, 5.41) is 12.0. The maximum atomic E-state index is 13.5. The fraction of sp³-hybridized carbons (Fsp3) is 0.176. The molecule has 3 aromatic carbocycles. The lowest BCUT2D eigenvalue weighted by atomic mass is 10.1. The van der Waals surface area contributed by atoms with Gasteiger partial charge in [0.05, 0.1) is 22.5 Å². The third-order valence-electron chi connectivity index (χ3n) is 9.08. The Morgan fingerprint density at radius 1 is 0.767 bits per heavy atom. The molecule has 1 aliphatic carbocycles. The molecule has 210 valence electrons. The molecule has 0 spiro atoms. The van der Waals surface area contributed by atoms with E-state index in [1.54, 1.807) is 28.8 Å². The van der Waals surface area contributed by atoms with Crippen LogP contribution in [-0.4, -0.2) is 41.4 Å². The van der Waals surface area contributed by atoms with E-state index in [-0.39, 0.29) is 35.3 Å². The highest BCUT2D eigenvalue weighted by Gasteiger charge is 2.43. The molecule has 2 amide bonds. The number of H-pyrrole nitrogens is 1. The second kappa shape index (κ2) is 9.19. The highest BCUT2D eigenvalue weighted by atomic mass is 16.2. The van der Waals surface area contributed by atoms with Crippen molar-refractivity contribution >= 4 is 33.6 Å². The summed E-state index contributed by atoms with van der Waals surface area (Å²) >= 11 is 0. The first-order chi connectivity index (χ1) is 21.0. The number of nitrogens with zero attached hydrogens (tertiary/aromatic N) is 5. The van der Waals surface area contributed by atoms with Crippen LogP contribution in [0.2, 0.25) is 0 Å². The Morgan fingerprint density at radius 3 is 2.12 bits per heavy atom. The SMILES string of the molecule is Cn1cc(-n2c(-c3cn(C4CCC(N5C(=O)c6ccccc6C5=O)C4)c4ccccc34)c(C#N)[nH]c2=O)c2ccccc21. The minimum Gasteiger partial charge on any atom is -0.348 e. The van der Waals surface area contributed by atoms with E-state index in [1.165, 1.54) is 4.90 Å². The van der Waals surface area contributed by atoms with Crippen molar-refractivity contribution < 1.29 is 9.59 Å². The summed E-state index contributed by atoms with van der Waals surface area (Å²) in [6.07, 6.45) is 6.04. The number of carbonyl (C=O) groups excluding carboxylic acids is 2. The van der Waals surface area contributed by atoms with Gasteiger partial charge in [0, 0.05) is 58.9 Å². The van der Waals surface area contributed by atoms with Crippen molar-refractivity contribution in [3.63, 3.8) is 0 Å². The van der Waals surface area contributed by atoms with Crippen molar-refractivity contribution in [1.82, 2.24) is 23.6 Å². The van der Waals surface area contributed by atoms with Gasteiger partial charge in [-0.25, -0.2) is 4.79 Å². The predicted octanol–water partition coefficient (Wildman–Crippen LogP) is 5.54. The average Bonchev–Trinajstić information content (AvgIpc) is 3.83. The number of fused-ring (bicyclic) bond motifs is 3. The van der Waals surface area contributed by atoms with Crippen LogP contribution in [0.25, 0.3) is 38.8 Å². The van der Waals surface area contributed by atoms with Crippen LogP contribution in [0.4, 0.5) is 0 Å². The summed E-state index contributed by atoms with van der Waals surface area (Å²) in [7, 11) is 1.94. The third-order valence-corrected chi connectivity index (χ3v) is 9.08. The molecule has 8 rings (SSSR count). The minimum absolute atomic E-state index is 0.0233. The van der Waals surface area contributed by atoms with E-state index in [0.29, 0.717) is 35.3 Å². The number of rotatable bonds is 4. The molecule has 2 atom stereocenters. The normalized spacial score (nSPS) is 18.2. The van der Waals surface area contributed by atoms with Gasteiger partial charge in [-0.05, 0) is 43.5 Å². The van der Waals surface area contributed by atoms with Crippen LogP contribution in [-0.2, 0) is 7.05 Å². The lowest BCUT2D eigenvalue weighted by Gasteiger charge is -2.22. The number of benzene rings is 3. The molecule has 43 heavy (non-hydrogen) atoms. The largest absolute Gasteiger partial charge is 0.348 e. The molecule has 0 saturated heterocycles. The molecular weight excluding hydrogens is 540 g/mol. The molecule has 9 heteroatoms. The number of aromatic nitrogens is 4. The molecule has 1 N–H and O–H groups in total. The monoisotopic (exact) mass is 566 g/mol. The molecule has 2 unspecified atom stereocenters. The van der Waals surface area contributed by atoms with Crippen LogP contribution in [0.15, 0.2) is 90.0 Å². The van der Waals surface area contributed by atoms with Gasteiger partial charge in [0.25, 0.3) is 11.8 Å². The van der Waals surface area contributed by atoms with E-state index >= 15 is 0 Å². The third kappa shape index (κ3) is 3.53. The molecule has 4 heterocycles. The topological polar surface area (TPSA) is 109 Å². The van der Waals surface area contributed by atoms with Crippen LogP contribution in [0.5, 0.6) is 0 Å². The molecule has 6 aromatic rings. The van der Waals surface area contributed by atoms with Crippen LogP contribution < -0.4 is 5.69 Å². The van der Waals surface area contributed by atoms with E-state index in [0.717, 1.165) is 33.8 Å². The Morgan fingerprint density at radius 2 is 1.40 bits per heavy atom. The van der Waals surface area contributed by atoms with Gasteiger partial charge in [-0.15, -0.1) is 0 Å². The highest BCUT2D eigenvalue weighted by molar-refractivity contribution is 6.21. The number of aryl methyl sites for hydroxylation is 1. The second-order valence-electron chi connectivity index (χ2n) is 11.4. The van der Waals surface area contributed by atoms with Crippen molar-refractivity contribution in [3.8, 4) is 23.0 Å². The summed E-state index contributed by atoms with van der Waals surface area (Å²) in [6.45, 7) is 0. The van der Waals surface area contributed by atoms with Crippen LogP contribution in [0.3, 0.4) is 0 Å². The summed E-state index contributed by atoms with van der Waals surface area (Å²) < 4.78 is 5.76. The zero-order valence-corrected chi connectivity index (χ0v) is 23.3. The zero-order valence-electron chi connectivity index (χ0n) is 23.3. The Hall–Kier alpha value is -5.62. The van der Waals surface area contributed by atoms with Crippen molar-refractivity contribution in [1.29, 1.82) is 5.26 Å². The van der Waals surface area contributed by atoms with E-state index in [4.69, 9.17) is 0 Å². The Bertz CT molecular complexity index is 2200. The summed E-state index contributed by atoms with van der Waals surface area (Å²) in [5.41, 5.74) is 4.65. The van der Waals surface area contributed by atoms with Gasteiger partial charge >= 0.3 is 5.69 Å². The number of aromatic amines is 1. The number of hydrogen-bond acceptors (Lipinski definition) is 4. The maximum absolute atomic E-state index is 13.5. The molecule has 1 aliphatic heterocycles. The lowest BCUT2D eigenvalue weighted by molar-refractivity contribution is 0.0585. The maximum Gasteiger partial charge on any atom is 0.331 e. The van der Waals surface area contributed by atoms with Gasteiger partial charge in [-0.1, -0.05) is 48.5 Å². The Kier molecular flexibility index (Phi) is 5.37. The smallest absolute Gasteiger partial charge is 0.331 e. The van der Waals surface area contributed by atoms with Gasteiger partial charge in [-0.3, -0.25) is 24.0 Å². The number of nitrogens with one attached hydrogen (secondary N) is 1. The van der Waals surface area contributed by atoms with Crippen molar-refractivity contribution in [2.24, 2.45) is 7.05 Å². The van der Waals surface area contributed by atoms with E-state index in [2.05, 4.69) is 15.6 Å². The van der Waals surface area contributed by atoms with E-state index in [9.17, 15) is 19.6 Å². The summed E-state index contributed by atoms with van der Waals surface area (Å²) in [5.74, 6) is -0.455. The molecule has 9 nitrogen and oxygen atoms in total. The number of imidazole rings is 1. The summed E-state index contributed by atoms with van der Waals surface area (Å²) in [6, 6.07) is 24.8. The molecule has 0 bridgehead atoms. The molecule has 3 aromatic heterocycles. The first-order valence-corrected chi connectivity index (χ1v) is 14.3. The fourth-order valence-corrected chi connectivity index (χ4v) is 7.16. The lowest BCUT2D eigenvalue weighted by Crippen LogP contribution is -2.38. The summed E-state index contributed by atoms with van der Waals surface area (Å²) in [4.78, 5) is 44.1. The van der Waals surface area contributed by atoms with Gasteiger partial charge in [-0.2, -0.15) is 5.26 Å². The van der Waals surface area contributed by atoms with E-state index in [1.807, 2.05) is 72.5 Å². The first kappa shape index (κ1) is 25.1. The van der Waals surface area contributed by atoms with Crippen molar-refractivity contribution in [2.75, 3.05) is 0 Å². The van der Waals surface area contributed by atoms with Crippen molar-refractivity contribution in [2.45, 2.75) is 31.3 Å². The second-order valence-corrected chi connectivity index (χ2v) is 11.4. The van der Waals surface area contributed by atoms with Gasteiger partial charge in [0.15, 0.2) is 0 Å². The fourth-order valence-electron chi connectivity index (χ4n) is 7.16.